The first-order valence-electron chi connectivity index (χ1n) is 10.8. The summed E-state index contributed by atoms with van der Waals surface area (Å²) in [5.74, 6) is -3.47. The van der Waals surface area contributed by atoms with E-state index in [-0.39, 0.29) is 24.1 Å². The van der Waals surface area contributed by atoms with Crippen molar-refractivity contribution in [1.82, 2.24) is 14.7 Å². The Morgan fingerprint density at radius 1 is 1.07 bits per heavy atom. The minimum absolute atomic E-state index is 0.00283. The molecule has 4 rings (SSSR count). The van der Waals surface area contributed by atoms with Gasteiger partial charge < -0.3 is 20.3 Å². The van der Waals surface area contributed by atoms with E-state index >= 15 is 0 Å². The molecule has 29 heavy (non-hydrogen) atoms. The summed E-state index contributed by atoms with van der Waals surface area (Å²) in [5.41, 5.74) is 5.60. The van der Waals surface area contributed by atoms with Crippen LogP contribution in [-0.2, 0) is 9.53 Å². The summed E-state index contributed by atoms with van der Waals surface area (Å²) in [5, 5.41) is 0. The van der Waals surface area contributed by atoms with Crippen molar-refractivity contribution in [2.75, 3.05) is 39.3 Å². The normalized spacial score (nSPS) is 35.8. The molecule has 2 N–H and O–H groups in total. The topological polar surface area (TPSA) is 79.1 Å². The van der Waals surface area contributed by atoms with Crippen LogP contribution in [0.1, 0.15) is 45.4 Å². The molecule has 4 aliphatic rings. The fourth-order valence-electron chi connectivity index (χ4n) is 5.91. The van der Waals surface area contributed by atoms with Crippen molar-refractivity contribution in [2.24, 2.45) is 11.1 Å². The quantitative estimate of drug-likeness (QED) is 0.757. The predicted octanol–water partition coefficient (Wildman–Crippen LogP) is 1.66. The number of ether oxygens (including phenoxy) is 1. The van der Waals surface area contributed by atoms with Gasteiger partial charge in [0.05, 0.1) is 19.2 Å². The minimum Gasteiger partial charge on any atom is -0.450 e. The van der Waals surface area contributed by atoms with Gasteiger partial charge in [-0.3, -0.25) is 9.69 Å². The molecule has 9 heteroatoms. The zero-order valence-corrected chi connectivity index (χ0v) is 17.1. The number of nitrogens with zero attached hydrogens (tertiary/aromatic N) is 3. The van der Waals surface area contributed by atoms with E-state index in [4.69, 9.17) is 10.5 Å². The van der Waals surface area contributed by atoms with Gasteiger partial charge in [0.2, 0.25) is 5.91 Å². The van der Waals surface area contributed by atoms with E-state index < -0.39 is 24.3 Å². The van der Waals surface area contributed by atoms with Crippen molar-refractivity contribution >= 4 is 12.0 Å². The first-order chi connectivity index (χ1) is 13.7. The van der Waals surface area contributed by atoms with Crippen molar-refractivity contribution < 1.29 is 23.1 Å². The lowest BCUT2D eigenvalue weighted by Gasteiger charge is -2.52. The molecule has 1 aliphatic carbocycles. The Hall–Kier alpha value is -1.48. The highest BCUT2D eigenvalue weighted by Gasteiger charge is 2.53. The summed E-state index contributed by atoms with van der Waals surface area (Å²) in [6, 6.07) is -0.345. The molecule has 1 spiro atoms. The Kier molecular flexibility index (Phi) is 5.48. The highest BCUT2D eigenvalue weighted by atomic mass is 19.3. The highest BCUT2D eigenvalue weighted by Crippen LogP contribution is 2.50. The second-order valence-corrected chi connectivity index (χ2v) is 9.35. The van der Waals surface area contributed by atoms with Gasteiger partial charge in [0.15, 0.2) is 0 Å². The minimum atomic E-state index is -2.83. The maximum absolute atomic E-state index is 13.8. The number of halogens is 2. The summed E-state index contributed by atoms with van der Waals surface area (Å²) in [4.78, 5) is 29.5. The lowest BCUT2D eigenvalue weighted by Crippen LogP contribution is -2.57. The van der Waals surface area contributed by atoms with Crippen LogP contribution in [0.5, 0.6) is 0 Å². The van der Waals surface area contributed by atoms with Crippen LogP contribution in [0, 0.1) is 5.41 Å². The van der Waals surface area contributed by atoms with E-state index in [1.807, 2.05) is 11.8 Å². The molecule has 3 heterocycles. The molecule has 0 bridgehead atoms. The van der Waals surface area contributed by atoms with Crippen molar-refractivity contribution in [1.29, 1.82) is 0 Å². The SMILES string of the molecule is CCOC(=O)N1CCC2(CC(N3CCC(N4CC(F)(F)CC4C(N)=O)CC3)C2)C1. The fourth-order valence-corrected chi connectivity index (χ4v) is 5.91. The van der Waals surface area contributed by atoms with E-state index in [1.165, 1.54) is 0 Å². The van der Waals surface area contributed by atoms with Crippen LogP contribution >= 0.6 is 0 Å². The van der Waals surface area contributed by atoms with Crippen LogP contribution in [0.2, 0.25) is 0 Å². The number of nitrogens with two attached hydrogens (primary N) is 1. The van der Waals surface area contributed by atoms with Crippen LogP contribution in [0.15, 0.2) is 0 Å². The molecule has 3 saturated heterocycles. The van der Waals surface area contributed by atoms with E-state index in [0.29, 0.717) is 12.6 Å². The average molecular weight is 414 g/mol. The lowest BCUT2D eigenvalue weighted by atomic mass is 9.64. The summed E-state index contributed by atoms with van der Waals surface area (Å²) < 4.78 is 32.8. The van der Waals surface area contributed by atoms with Gasteiger partial charge in [0.1, 0.15) is 0 Å². The van der Waals surface area contributed by atoms with Gasteiger partial charge >= 0.3 is 6.09 Å². The first-order valence-corrected chi connectivity index (χ1v) is 10.8. The van der Waals surface area contributed by atoms with E-state index in [0.717, 1.165) is 58.3 Å². The third-order valence-electron chi connectivity index (χ3n) is 7.42. The monoisotopic (exact) mass is 414 g/mol. The second-order valence-electron chi connectivity index (χ2n) is 9.35. The number of amides is 2. The molecular formula is C20H32F2N4O3. The number of alkyl halides is 2. The number of primary amides is 1. The fraction of sp³-hybridized carbons (Fsp3) is 0.900. The summed E-state index contributed by atoms with van der Waals surface area (Å²) >= 11 is 0. The highest BCUT2D eigenvalue weighted by molar-refractivity contribution is 5.80. The van der Waals surface area contributed by atoms with Gasteiger partial charge in [-0.25, -0.2) is 13.6 Å². The molecule has 2 amide bonds. The molecule has 1 saturated carbocycles. The smallest absolute Gasteiger partial charge is 0.409 e. The number of hydrogen-bond acceptors (Lipinski definition) is 5. The Bertz CT molecular complexity index is 648. The molecule has 0 aromatic heterocycles. The molecule has 3 aliphatic heterocycles. The maximum atomic E-state index is 13.8. The van der Waals surface area contributed by atoms with E-state index in [9.17, 15) is 18.4 Å². The van der Waals surface area contributed by atoms with Gasteiger partial charge in [-0.05, 0) is 57.5 Å². The van der Waals surface area contributed by atoms with Crippen molar-refractivity contribution in [3.63, 3.8) is 0 Å². The zero-order chi connectivity index (χ0) is 20.8. The molecule has 4 fully saturated rings. The molecule has 1 atom stereocenters. The molecule has 0 aromatic carbocycles. The van der Waals surface area contributed by atoms with Crippen LogP contribution in [-0.4, -0.2) is 90.1 Å². The number of carbonyl (C=O) groups is 2. The number of hydrogen-bond donors (Lipinski definition) is 1. The molecule has 1 unspecified atom stereocenters. The third kappa shape index (κ3) is 4.08. The Morgan fingerprint density at radius 3 is 2.38 bits per heavy atom. The molecule has 0 radical (unpaired) electrons. The summed E-state index contributed by atoms with van der Waals surface area (Å²) in [7, 11) is 0. The van der Waals surface area contributed by atoms with Gasteiger partial charge in [-0.15, -0.1) is 0 Å². The zero-order valence-electron chi connectivity index (χ0n) is 17.1. The Labute approximate surface area is 170 Å². The van der Waals surface area contributed by atoms with Crippen molar-refractivity contribution in [3.8, 4) is 0 Å². The molecule has 7 nitrogen and oxygen atoms in total. The van der Waals surface area contributed by atoms with Crippen LogP contribution in [0.3, 0.4) is 0 Å². The van der Waals surface area contributed by atoms with Gasteiger partial charge in [-0.1, -0.05) is 0 Å². The largest absolute Gasteiger partial charge is 0.450 e. The van der Waals surface area contributed by atoms with E-state index in [1.54, 1.807) is 4.90 Å². The standard InChI is InChI=1S/C20H32F2N4O3/c1-2-29-18(28)25-8-5-19(12-25)9-15(10-19)24-6-3-14(4-7-24)26-13-20(21,22)11-16(26)17(23)27/h14-16H,2-13H2,1H3,(H2,23,27). The van der Waals surface area contributed by atoms with E-state index in [2.05, 4.69) is 4.90 Å². The number of carbonyl (C=O) groups excluding carboxylic acids is 2. The number of rotatable bonds is 4. The predicted molar refractivity (Wildman–Crippen MR) is 103 cm³/mol. The maximum Gasteiger partial charge on any atom is 0.409 e. The lowest BCUT2D eigenvalue weighted by molar-refractivity contribution is -0.123. The van der Waals surface area contributed by atoms with Crippen molar-refractivity contribution in [2.45, 2.75) is 69.5 Å². The van der Waals surface area contributed by atoms with Crippen LogP contribution < -0.4 is 5.73 Å². The second kappa shape index (κ2) is 7.65. The number of piperidine rings is 1. The number of likely N-dealkylation sites (tertiary alicyclic amines) is 3. The van der Waals surface area contributed by atoms with Crippen molar-refractivity contribution in [3.05, 3.63) is 0 Å². The summed E-state index contributed by atoms with van der Waals surface area (Å²) in [6.07, 6.45) is 4.11. The Balaban J connectivity index is 1.25. The van der Waals surface area contributed by atoms with Crippen LogP contribution in [0.25, 0.3) is 0 Å². The molecular weight excluding hydrogens is 382 g/mol. The summed E-state index contributed by atoms with van der Waals surface area (Å²) in [6.45, 7) is 5.14. The first kappa shape index (κ1) is 20.8. The van der Waals surface area contributed by atoms with Crippen LogP contribution in [0.4, 0.5) is 13.6 Å². The molecule has 164 valence electrons. The third-order valence-corrected chi connectivity index (χ3v) is 7.42. The van der Waals surface area contributed by atoms with Gasteiger partial charge in [-0.2, -0.15) is 0 Å². The molecule has 0 aromatic rings. The average Bonchev–Trinajstić information content (AvgIpc) is 3.22. The Morgan fingerprint density at radius 2 is 1.76 bits per heavy atom. The van der Waals surface area contributed by atoms with Gasteiger partial charge in [0.25, 0.3) is 5.92 Å². The van der Waals surface area contributed by atoms with Gasteiger partial charge in [0, 0.05) is 31.6 Å².